The fraction of sp³-hybridized carbons (Fsp3) is 0.654. The molecule has 0 aromatic heterocycles. The van der Waals surface area contributed by atoms with Gasteiger partial charge in [0.25, 0.3) is 0 Å². The van der Waals surface area contributed by atoms with Crippen LogP contribution in [-0.4, -0.2) is 85.6 Å². The topological polar surface area (TPSA) is 157 Å². The van der Waals surface area contributed by atoms with Crippen LogP contribution < -0.4 is 0 Å². The molecule has 0 amide bonds. The SMILES string of the molecule is C=C[C@](C)(CC/C=C(\C)CC/C=C(\C)C[C@@H](O)/C=C(\C)C(=O)O)O[C@@H]1O[C@H](CO)[C@@H](O)[C@H](O)[C@H]1O. The lowest BCUT2D eigenvalue weighted by Crippen LogP contribution is -2.60. The van der Waals surface area contributed by atoms with E-state index in [0.717, 1.165) is 24.0 Å². The maximum atomic E-state index is 10.8. The number of carbonyl (C=O) groups is 1. The lowest BCUT2D eigenvalue weighted by Gasteiger charge is -2.42. The molecule has 6 N–H and O–H groups in total. The van der Waals surface area contributed by atoms with Crippen LogP contribution in [0.25, 0.3) is 0 Å². The molecular formula is C26H42O9. The Kier molecular flexibility index (Phi) is 13.0. The summed E-state index contributed by atoms with van der Waals surface area (Å²) in [5.41, 5.74) is 1.38. The van der Waals surface area contributed by atoms with Crippen molar-refractivity contribution in [3.8, 4) is 0 Å². The molecule has 1 heterocycles. The van der Waals surface area contributed by atoms with E-state index >= 15 is 0 Å². The van der Waals surface area contributed by atoms with Gasteiger partial charge in [0.15, 0.2) is 6.29 Å². The third kappa shape index (κ3) is 10.3. The summed E-state index contributed by atoms with van der Waals surface area (Å²) in [6.07, 6.45) is 2.68. The van der Waals surface area contributed by atoms with E-state index < -0.39 is 55.0 Å². The number of rotatable bonds is 14. The first-order valence-electron chi connectivity index (χ1n) is 11.9. The van der Waals surface area contributed by atoms with Crippen LogP contribution in [0.3, 0.4) is 0 Å². The first kappa shape index (κ1) is 31.2. The van der Waals surface area contributed by atoms with Gasteiger partial charge in [-0.2, -0.15) is 0 Å². The highest BCUT2D eigenvalue weighted by atomic mass is 16.7. The van der Waals surface area contributed by atoms with Crippen LogP contribution >= 0.6 is 0 Å². The number of carboxylic acid groups (broad SMARTS) is 1. The van der Waals surface area contributed by atoms with Crippen LogP contribution in [-0.2, 0) is 14.3 Å². The van der Waals surface area contributed by atoms with E-state index in [1.54, 1.807) is 13.0 Å². The van der Waals surface area contributed by atoms with Crippen molar-refractivity contribution in [1.82, 2.24) is 0 Å². The van der Waals surface area contributed by atoms with Gasteiger partial charge in [0.05, 0.1) is 18.3 Å². The smallest absolute Gasteiger partial charge is 0.331 e. The standard InChI is InChI=1S/C26H42O9/c1-6-26(5,35-25-23(31)22(30)21(29)20(15-27)34-25)12-8-11-16(2)9-7-10-17(3)13-19(28)14-18(4)24(32)33/h6,10-11,14,19-23,25,27-31H,1,7-9,12-13,15H2,2-5H3,(H,32,33)/b16-11+,17-10+,18-14+/t19-,20-,21-,22+,23-,25+,26-/m1/s1. The molecule has 0 radical (unpaired) electrons. The number of carboxylic acids is 1. The van der Waals surface area contributed by atoms with E-state index in [9.17, 15) is 30.3 Å². The van der Waals surface area contributed by atoms with Crippen LogP contribution in [0, 0.1) is 0 Å². The Labute approximate surface area is 207 Å². The van der Waals surface area contributed by atoms with Crippen molar-refractivity contribution < 1.29 is 44.9 Å². The van der Waals surface area contributed by atoms with Gasteiger partial charge < -0.3 is 40.1 Å². The molecule has 0 aromatic rings. The Bertz CT molecular complexity index is 786. The Balaban J connectivity index is 2.57. The molecule has 0 aliphatic carbocycles. The molecule has 9 nitrogen and oxygen atoms in total. The van der Waals surface area contributed by atoms with Gasteiger partial charge in [-0.3, -0.25) is 0 Å². The van der Waals surface area contributed by atoms with Crippen LogP contribution in [0.15, 0.2) is 47.6 Å². The number of hydrogen-bond acceptors (Lipinski definition) is 8. The monoisotopic (exact) mass is 498 g/mol. The molecule has 0 spiro atoms. The van der Waals surface area contributed by atoms with E-state index in [1.165, 1.54) is 13.0 Å². The maximum Gasteiger partial charge on any atom is 0.331 e. The zero-order valence-corrected chi connectivity index (χ0v) is 21.1. The molecular weight excluding hydrogens is 456 g/mol. The van der Waals surface area contributed by atoms with E-state index in [0.29, 0.717) is 19.3 Å². The summed E-state index contributed by atoms with van der Waals surface area (Å²) in [6, 6.07) is 0. The lowest BCUT2D eigenvalue weighted by atomic mass is 9.96. The Morgan fingerprint density at radius 2 is 1.71 bits per heavy atom. The highest BCUT2D eigenvalue weighted by Crippen LogP contribution is 2.29. The molecule has 200 valence electrons. The molecule has 0 unspecified atom stereocenters. The number of aliphatic hydroxyl groups excluding tert-OH is 5. The largest absolute Gasteiger partial charge is 0.478 e. The fourth-order valence-electron chi connectivity index (χ4n) is 3.72. The molecule has 1 fully saturated rings. The van der Waals surface area contributed by atoms with Crippen LogP contribution in [0.5, 0.6) is 0 Å². The highest BCUT2D eigenvalue weighted by Gasteiger charge is 2.45. The number of hydrogen-bond donors (Lipinski definition) is 6. The third-order valence-electron chi connectivity index (χ3n) is 6.14. The van der Waals surface area contributed by atoms with Gasteiger partial charge in [-0.25, -0.2) is 4.79 Å². The Morgan fingerprint density at radius 3 is 2.29 bits per heavy atom. The molecule has 0 saturated carbocycles. The molecule has 1 saturated heterocycles. The zero-order valence-electron chi connectivity index (χ0n) is 21.1. The number of ether oxygens (including phenoxy) is 2. The first-order valence-corrected chi connectivity index (χ1v) is 11.9. The summed E-state index contributed by atoms with van der Waals surface area (Å²) in [5.74, 6) is -1.04. The maximum absolute atomic E-state index is 10.8. The average Bonchev–Trinajstić information content (AvgIpc) is 2.79. The highest BCUT2D eigenvalue weighted by molar-refractivity contribution is 5.85. The van der Waals surface area contributed by atoms with Crippen LogP contribution in [0.1, 0.15) is 59.8 Å². The van der Waals surface area contributed by atoms with E-state index in [1.807, 2.05) is 19.9 Å². The summed E-state index contributed by atoms with van der Waals surface area (Å²) < 4.78 is 11.3. The second kappa shape index (κ2) is 14.6. The lowest BCUT2D eigenvalue weighted by molar-refractivity contribution is -0.319. The number of aliphatic hydroxyl groups is 5. The molecule has 1 rings (SSSR count). The number of aliphatic carboxylic acids is 1. The van der Waals surface area contributed by atoms with E-state index in [-0.39, 0.29) is 5.57 Å². The van der Waals surface area contributed by atoms with Crippen molar-refractivity contribution in [3.63, 3.8) is 0 Å². The van der Waals surface area contributed by atoms with E-state index in [2.05, 4.69) is 12.7 Å². The second-order valence-electron chi connectivity index (χ2n) is 9.44. The van der Waals surface area contributed by atoms with Crippen molar-refractivity contribution >= 4 is 5.97 Å². The van der Waals surface area contributed by atoms with Gasteiger partial charge in [0.1, 0.15) is 24.4 Å². The minimum atomic E-state index is -1.50. The van der Waals surface area contributed by atoms with Crippen LogP contribution in [0.4, 0.5) is 0 Å². The summed E-state index contributed by atoms with van der Waals surface area (Å²) in [7, 11) is 0. The predicted octanol–water partition coefficient (Wildman–Crippen LogP) is 1.98. The van der Waals surface area contributed by atoms with Crippen molar-refractivity contribution in [1.29, 1.82) is 0 Å². The van der Waals surface area contributed by atoms with Crippen molar-refractivity contribution in [2.75, 3.05) is 6.61 Å². The molecule has 1 aliphatic heterocycles. The quantitative estimate of drug-likeness (QED) is 0.156. The Morgan fingerprint density at radius 1 is 1.09 bits per heavy atom. The summed E-state index contributed by atoms with van der Waals surface area (Å²) >= 11 is 0. The molecule has 1 aliphatic rings. The van der Waals surface area contributed by atoms with E-state index in [4.69, 9.17) is 14.6 Å². The summed E-state index contributed by atoms with van der Waals surface area (Å²) in [5, 5.41) is 58.3. The Hall–Kier alpha value is -1.85. The normalized spacial score (nSPS) is 28.9. The van der Waals surface area contributed by atoms with Gasteiger partial charge in [-0.15, -0.1) is 6.58 Å². The van der Waals surface area contributed by atoms with Gasteiger partial charge in [-0.1, -0.05) is 29.4 Å². The van der Waals surface area contributed by atoms with Gasteiger partial charge in [-0.05, 0) is 65.9 Å². The fourth-order valence-corrected chi connectivity index (χ4v) is 3.72. The molecule has 0 aromatic carbocycles. The first-order chi connectivity index (χ1) is 16.3. The van der Waals surface area contributed by atoms with Crippen molar-refractivity contribution in [2.45, 2.75) is 102 Å². The predicted molar refractivity (Wildman–Crippen MR) is 131 cm³/mol. The minimum absolute atomic E-state index is 0.117. The number of allylic oxidation sites excluding steroid dienone is 3. The van der Waals surface area contributed by atoms with Crippen molar-refractivity contribution in [2.24, 2.45) is 0 Å². The zero-order chi connectivity index (χ0) is 26.8. The summed E-state index contributed by atoms with van der Waals surface area (Å²) in [6.45, 7) is 10.4. The molecule has 9 heteroatoms. The molecule has 7 atom stereocenters. The van der Waals surface area contributed by atoms with Crippen molar-refractivity contribution in [3.05, 3.63) is 47.6 Å². The molecule has 35 heavy (non-hydrogen) atoms. The van der Waals surface area contributed by atoms with Crippen LogP contribution in [0.2, 0.25) is 0 Å². The van der Waals surface area contributed by atoms with Gasteiger partial charge >= 0.3 is 5.97 Å². The average molecular weight is 499 g/mol. The minimum Gasteiger partial charge on any atom is -0.478 e. The molecule has 0 bridgehead atoms. The van der Waals surface area contributed by atoms with Gasteiger partial charge in [0, 0.05) is 5.57 Å². The summed E-state index contributed by atoms with van der Waals surface area (Å²) in [4.78, 5) is 10.8. The third-order valence-corrected chi connectivity index (χ3v) is 6.14. The second-order valence-corrected chi connectivity index (χ2v) is 9.44. The van der Waals surface area contributed by atoms with Gasteiger partial charge in [0.2, 0.25) is 0 Å².